The Labute approximate surface area is 72.5 Å². The number of rotatable bonds is 2. The van der Waals surface area contributed by atoms with E-state index in [4.69, 9.17) is 0 Å². The second kappa shape index (κ2) is 3.15. The van der Waals surface area contributed by atoms with Gasteiger partial charge in [0.25, 0.3) is 0 Å². The normalized spacial score (nSPS) is 11.6. The molecule has 0 radical (unpaired) electrons. The first-order valence-corrected chi connectivity index (χ1v) is 3.98. The Morgan fingerprint density at radius 1 is 1.25 bits per heavy atom. The average molecular weight is 166 g/mol. The Hall–Kier alpha value is -1.02. The molecule has 0 saturated heterocycles. The first-order valence-electron chi connectivity index (χ1n) is 3.98. The van der Waals surface area contributed by atoms with Crippen LogP contribution in [0.4, 0.5) is 0 Å². The van der Waals surface area contributed by atoms with Crippen molar-refractivity contribution in [3.8, 4) is 5.75 Å². The van der Waals surface area contributed by atoms with Crippen molar-refractivity contribution in [2.24, 2.45) is 0 Å². The minimum Gasteiger partial charge on any atom is -0.508 e. The zero-order chi connectivity index (χ0) is 9.19. The minimum absolute atomic E-state index is 0.250. The molecule has 66 valence electrons. The summed E-state index contributed by atoms with van der Waals surface area (Å²) in [6.07, 6.45) is 0.472. The van der Waals surface area contributed by atoms with Gasteiger partial charge in [-0.3, -0.25) is 0 Å². The molecule has 0 saturated carbocycles. The molecule has 0 aliphatic heterocycles. The molecular weight excluding hydrogens is 152 g/mol. The maximum atomic E-state index is 9.48. The Morgan fingerprint density at radius 3 is 2.33 bits per heavy atom. The molecule has 0 atom stereocenters. The second-order valence-electron chi connectivity index (χ2n) is 3.62. The Morgan fingerprint density at radius 2 is 1.83 bits per heavy atom. The molecule has 0 spiro atoms. The van der Waals surface area contributed by atoms with Crippen molar-refractivity contribution in [3.05, 3.63) is 29.8 Å². The molecule has 2 N–H and O–H groups in total. The molecule has 0 aliphatic rings. The van der Waals surface area contributed by atoms with Crippen molar-refractivity contribution in [1.29, 1.82) is 0 Å². The van der Waals surface area contributed by atoms with Crippen LogP contribution < -0.4 is 0 Å². The number of benzene rings is 1. The number of para-hydroxylation sites is 1. The van der Waals surface area contributed by atoms with Gasteiger partial charge >= 0.3 is 0 Å². The molecule has 0 aliphatic carbocycles. The van der Waals surface area contributed by atoms with Gasteiger partial charge in [-0.1, -0.05) is 18.2 Å². The van der Waals surface area contributed by atoms with Crippen LogP contribution in [0.3, 0.4) is 0 Å². The lowest BCUT2D eigenvalue weighted by molar-refractivity contribution is 0.0803. The SMILES string of the molecule is CC(C)(O)Cc1ccccc1O. The summed E-state index contributed by atoms with van der Waals surface area (Å²) < 4.78 is 0. The number of phenolic OH excluding ortho intramolecular Hbond substituents is 1. The quantitative estimate of drug-likeness (QED) is 0.702. The molecule has 0 bridgehead atoms. The van der Waals surface area contributed by atoms with Gasteiger partial charge in [0.15, 0.2) is 0 Å². The third kappa shape index (κ3) is 2.55. The number of aromatic hydroxyl groups is 1. The largest absolute Gasteiger partial charge is 0.508 e. The van der Waals surface area contributed by atoms with Crippen molar-refractivity contribution in [2.75, 3.05) is 0 Å². The van der Waals surface area contributed by atoms with Gasteiger partial charge in [-0.15, -0.1) is 0 Å². The van der Waals surface area contributed by atoms with Gasteiger partial charge in [0.1, 0.15) is 5.75 Å². The highest BCUT2D eigenvalue weighted by Gasteiger charge is 2.14. The van der Waals surface area contributed by atoms with Crippen LogP contribution in [0.25, 0.3) is 0 Å². The van der Waals surface area contributed by atoms with Gasteiger partial charge in [0.2, 0.25) is 0 Å². The lowest BCUT2D eigenvalue weighted by Gasteiger charge is -2.17. The molecule has 2 nitrogen and oxygen atoms in total. The van der Waals surface area contributed by atoms with Crippen molar-refractivity contribution < 1.29 is 10.2 Å². The van der Waals surface area contributed by atoms with Crippen molar-refractivity contribution >= 4 is 0 Å². The summed E-state index contributed by atoms with van der Waals surface area (Å²) in [5.41, 5.74) is 0.0174. The van der Waals surface area contributed by atoms with E-state index < -0.39 is 5.60 Å². The molecule has 0 aromatic heterocycles. The van der Waals surface area contributed by atoms with Gasteiger partial charge in [-0.2, -0.15) is 0 Å². The first kappa shape index (κ1) is 9.07. The summed E-state index contributed by atoms with van der Waals surface area (Å²) in [5.74, 6) is 0.250. The maximum Gasteiger partial charge on any atom is 0.118 e. The molecule has 0 unspecified atom stereocenters. The topological polar surface area (TPSA) is 40.5 Å². The van der Waals surface area contributed by atoms with Crippen LogP contribution in [-0.2, 0) is 6.42 Å². The predicted octanol–water partition coefficient (Wildman–Crippen LogP) is 1.71. The molecule has 1 aromatic rings. The van der Waals surface area contributed by atoms with Crippen molar-refractivity contribution in [3.63, 3.8) is 0 Å². The first-order chi connectivity index (χ1) is 5.49. The van der Waals surface area contributed by atoms with E-state index in [-0.39, 0.29) is 5.75 Å². The van der Waals surface area contributed by atoms with Gasteiger partial charge in [0, 0.05) is 6.42 Å². The highest BCUT2D eigenvalue weighted by atomic mass is 16.3. The summed E-state index contributed by atoms with van der Waals surface area (Å²) >= 11 is 0. The number of phenols is 1. The van der Waals surface area contributed by atoms with Crippen LogP contribution in [0.1, 0.15) is 19.4 Å². The van der Waals surface area contributed by atoms with Gasteiger partial charge in [-0.25, -0.2) is 0 Å². The average Bonchev–Trinajstić information content (AvgIpc) is 1.91. The lowest BCUT2D eigenvalue weighted by Crippen LogP contribution is -2.21. The minimum atomic E-state index is -0.765. The molecule has 0 fully saturated rings. The van der Waals surface area contributed by atoms with Crippen LogP contribution in [0, 0.1) is 0 Å². The van der Waals surface area contributed by atoms with Crippen LogP contribution in [0.15, 0.2) is 24.3 Å². The number of hydrogen-bond acceptors (Lipinski definition) is 2. The van der Waals surface area contributed by atoms with E-state index in [1.54, 1.807) is 26.0 Å². The maximum absolute atomic E-state index is 9.48. The van der Waals surface area contributed by atoms with E-state index >= 15 is 0 Å². The summed E-state index contributed by atoms with van der Waals surface area (Å²) in [4.78, 5) is 0. The third-order valence-corrected chi connectivity index (χ3v) is 1.61. The van der Waals surface area contributed by atoms with E-state index in [9.17, 15) is 10.2 Å². The summed E-state index contributed by atoms with van der Waals surface area (Å²) in [6, 6.07) is 7.05. The van der Waals surface area contributed by atoms with Gasteiger partial charge < -0.3 is 10.2 Å². The van der Waals surface area contributed by atoms with Crippen LogP contribution in [0.2, 0.25) is 0 Å². The molecule has 0 heterocycles. The van der Waals surface area contributed by atoms with E-state index in [1.807, 2.05) is 12.1 Å². The van der Waals surface area contributed by atoms with E-state index in [2.05, 4.69) is 0 Å². The zero-order valence-electron chi connectivity index (χ0n) is 7.41. The third-order valence-electron chi connectivity index (χ3n) is 1.61. The molecule has 12 heavy (non-hydrogen) atoms. The lowest BCUT2D eigenvalue weighted by atomic mass is 9.98. The van der Waals surface area contributed by atoms with Crippen LogP contribution >= 0.6 is 0 Å². The fourth-order valence-electron chi connectivity index (χ4n) is 1.13. The number of hydrogen-bond donors (Lipinski definition) is 2. The second-order valence-corrected chi connectivity index (χ2v) is 3.62. The molecule has 1 rings (SSSR count). The fraction of sp³-hybridized carbons (Fsp3) is 0.400. The monoisotopic (exact) mass is 166 g/mol. The van der Waals surface area contributed by atoms with Gasteiger partial charge in [0.05, 0.1) is 5.60 Å². The highest BCUT2D eigenvalue weighted by molar-refractivity contribution is 5.32. The predicted molar refractivity (Wildman–Crippen MR) is 48.1 cm³/mol. The Kier molecular flexibility index (Phi) is 2.38. The van der Waals surface area contributed by atoms with Crippen LogP contribution in [-0.4, -0.2) is 15.8 Å². The summed E-state index contributed by atoms with van der Waals surface area (Å²) in [6.45, 7) is 3.44. The Bertz CT molecular complexity index is 261. The number of aliphatic hydroxyl groups is 1. The van der Waals surface area contributed by atoms with E-state index in [1.165, 1.54) is 0 Å². The molecule has 2 heteroatoms. The smallest absolute Gasteiger partial charge is 0.118 e. The molecule has 0 amide bonds. The Balaban J connectivity index is 2.83. The molecule has 1 aromatic carbocycles. The van der Waals surface area contributed by atoms with Gasteiger partial charge in [-0.05, 0) is 25.5 Å². The fourth-order valence-corrected chi connectivity index (χ4v) is 1.13. The van der Waals surface area contributed by atoms with E-state index in [0.717, 1.165) is 5.56 Å². The zero-order valence-corrected chi connectivity index (χ0v) is 7.41. The molecular formula is C10H14O2. The highest BCUT2D eigenvalue weighted by Crippen LogP contribution is 2.20. The van der Waals surface area contributed by atoms with Crippen molar-refractivity contribution in [1.82, 2.24) is 0 Å². The van der Waals surface area contributed by atoms with E-state index in [0.29, 0.717) is 6.42 Å². The van der Waals surface area contributed by atoms with Crippen molar-refractivity contribution in [2.45, 2.75) is 25.9 Å². The summed E-state index contributed by atoms with van der Waals surface area (Å²) in [7, 11) is 0. The summed E-state index contributed by atoms with van der Waals surface area (Å²) in [5, 5.41) is 18.8. The standard InChI is InChI=1S/C10H14O2/c1-10(2,12)7-8-5-3-4-6-9(8)11/h3-6,11-12H,7H2,1-2H3. The van der Waals surface area contributed by atoms with Crippen LogP contribution in [0.5, 0.6) is 5.75 Å².